The van der Waals surface area contributed by atoms with E-state index < -0.39 is 0 Å². The maximum atomic E-state index is 9.84. The lowest BCUT2D eigenvalue weighted by Gasteiger charge is -1.85. The monoisotopic (exact) mass is 84.0 g/mol. The van der Waals surface area contributed by atoms with Crippen LogP contribution in [-0.2, 0) is 9.45 Å². The minimum absolute atomic E-state index is 0.0139. The Labute approximate surface area is 37.9 Å². The van der Waals surface area contributed by atoms with Crippen LogP contribution in [-0.4, -0.2) is 20.4 Å². The molecule has 6 heavy (non-hydrogen) atoms. The van der Waals surface area contributed by atoms with E-state index in [2.05, 4.69) is 12.7 Å². The quantitative estimate of drug-likeness (QED) is 0.428. The number of Topliss-reactive ketones (excluding diaryl/α,β-unsaturated/α-hetero) is 1. The lowest BCUT2D eigenvalue weighted by Crippen LogP contribution is -1.99. The highest BCUT2D eigenvalue weighted by molar-refractivity contribution is 5.99. The SMILES string of the molecule is [B]OCC(C)=O. The van der Waals surface area contributed by atoms with Crippen LogP contribution in [0.15, 0.2) is 0 Å². The second-order valence-electron chi connectivity index (χ2n) is 1.01. The molecule has 0 aliphatic carbocycles. The molecule has 0 atom stereocenters. The number of carbonyl (C=O) groups is 1. The van der Waals surface area contributed by atoms with Crippen LogP contribution in [0.4, 0.5) is 0 Å². The lowest BCUT2D eigenvalue weighted by atomic mass is 10.5. The minimum Gasteiger partial charge on any atom is -0.441 e. The summed E-state index contributed by atoms with van der Waals surface area (Å²) in [6, 6.07) is 0. The highest BCUT2D eigenvalue weighted by Crippen LogP contribution is 1.65. The van der Waals surface area contributed by atoms with E-state index in [4.69, 9.17) is 0 Å². The summed E-state index contributed by atoms with van der Waals surface area (Å²) in [5.41, 5.74) is 0. The van der Waals surface area contributed by atoms with Crippen molar-refractivity contribution in [3.8, 4) is 0 Å². The van der Waals surface area contributed by atoms with Crippen LogP contribution >= 0.6 is 0 Å². The standard InChI is InChI=1S/C3H5BO2/c1-3(5)2-6-4/h2H2,1H3. The fourth-order valence-corrected chi connectivity index (χ4v) is 0.117. The molecule has 0 rings (SSSR count). The van der Waals surface area contributed by atoms with E-state index in [-0.39, 0.29) is 12.4 Å². The van der Waals surface area contributed by atoms with E-state index in [0.29, 0.717) is 0 Å². The van der Waals surface area contributed by atoms with Gasteiger partial charge in [0.2, 0.25) is 0 Å². The zero-order chi connectivity index (χ0) is 4.99. The molecular formula is C3H5BO2. The molecular weight excluding hydrogens is 78.8 g/mol. The third kappa shape index (κ3) is 3.69. The predicted octanol–water partition coefficient (Wildman–Crippen LogP) is -0.325. The predicted molar refractivity (Wildman–Crippen MR) is 22.4 cm³/mol. The Kier molecular flexibility index (Phi) is 2.76. The van der Waals surface area contributed by atoms with Crippen LogP contribution in [0.25, 0.3) is 0 Å². The molecule has 3 heteroatoms. The van der Waals surface area contributed by atoms with Gasteiger partial charge in [-0.25, -0.2) is 0 Å². The summed E-state index contributed by atoms with van der Waals surface area (Å²) in [6.45, 7) is 1.42. The third-order valence-corrected chi connectivity index (χ3v) is 0.287. The molecule has 0 heterocycles. The molecule has 0 aromatic carbocycles. The lowest BCUT2D eigenvalue weighted by molar-refractivity contribution is -0.118. The first-order valence-electron chi connectivity index (χ1n) is 1.58. The summed E-state index contributed by atoms with van der Waals surface area (Å²) in [5.74, 6) is -0.0579. The van der Waals surface area contributed by atoms with Gasteiger partial charge < -0.3 is 4.65 Å². The van der Waals surface area contributed by atoms with Crippen molar-refractivity contribution < 1.29 is 9.45 Å². The van der Waals surface area contributed by atoms with Gasteiger partial charge >= 0.3 is 0 Å². The minimum atomic E-state index is -0.0579. The van der Waals surface area contributed by atoms with Crippen LogP contribution in [0.2, 0.25) is 0 Å². The smallest absolute Gasteiger partial charge is 0.283 e. The van der Waals surface area contributed by atoms with E-state index >= 15 is 0 Å². The molecule has 0 bridgehead atoms. The number of hydrogen-bond acceptors (Lipinski definition) is 2. The molecule has 2 radical (unpaired) electrons. The summed E-state index contributed by atoms with van der Waals surface area (Å²) in [4.78, 5) is 9.84. The van der Waals surface area contributed by atoms with Gasteiger partial charge in [-0.1, -0.05) is 0 Å². The van der Waals surface area contributed by atoms with Crippen molar-refractivity contribution in [3.05, 3.63) is 0 Å². The topological polar surface area (TPSA) is 26.3 Å². The fourth-order valence-electron chi connectivity index (χ4n) is 0.117. The van der Waals surface area contributed by atoms with Crippen molar-refractivity contribution in [1.82, 2.24) is 0 Å². The van der Waals surface area contributed by atoms with Crippen molar-refractivity contribution in [2.24, 2.45) is 0 Å². The largest absolute Gasteiger partial charge is 0.441 e. The fraction of sp³-hybridized carbons (Fsp3) is 0.667. The molecule has 0 unspecified atom stereocenters. The van der Waals surface area contributed by atoms with Crippen LogP contribution in [0.5, 0.6) is 0 Å². The summed E-state index contributed by atoms with van der Waals surface area (Å²) in [7, 11) is 4.51. The molecule has 2 nitrogen and oxygen atoms in total. The first-order chi connectivity index (χ1) is 2.77. The maximum absolute atomic E-state index is 9.84. The first kappa shape index (κ1) is 5.69. The van der Waals surface area contributed by atoms with E-state index in [1.54, 1.807) is 0 Å². The molecule has 0 saturated carbocycles. The molecule has 0 amide bonds. The number of carbonyl (C=O) groups excluding carboxylic acids is 1. The Balaban J connectivity index is 2.83. The van der Waals surface area contributed by atoms with Gasteiger partial charge in [0.1, 0.15) is 0 Å². The van der Waals surface area contributed by atoms with Crippen LogP contribution in [0.1, 0.15) is 6.92 Å². The Morgan fingerprint density at radius 3 is 2.50 bits per heavy atom. The van der Waals surface area contributed by atoms with Gasteiger partial charge in [0.25, 0.3) is 8.05 Å². The molecule has 0 aromatic rings. The molecule has 0 aromatic heterocycles. The maximum Gasteiger partial charge on any atom is 0.283 e. The Morgan fingerprint density at radius 2 is 2.50 bits per heavy atom. The van der Waals surface area contributed by atoms with Crippen molar-refractivity contribution >= 4 is 13.8 Å². The number of ketones is 1. The normalized spacial score (nSPS) is 8.17. The van der Waals surface area contributed by atoms with E-state index in [1.165, 1.54) is 6.92 Å². The summed E-state index contributed by atoms with van der Waals surface area (Å²) in [6.07, 6.45) is 0. The van der Waals surface area contributed by atoms with Gasteiger partial charge in [0.05, 0.1) is 6.61 Å². The van der Waals surface area contributed by atoms with Crippen molar-refractivity contribution in [2.45, 2.75) is 6.92 Å². The van der Waals surface area contributed by atoms with E-state index in [0.717, 1.165) is 0 Å². The van der Waals surface area contributed by atoms with Gasteiger partial charge in [-0.3, -0.25) is 4.79 Å². The summed E-state index contributed by atoms with van der Waals surface area (Å²) < 4.78 is 3.95. The molecule has 0 aliphatic rings. The first-order valence-corrected chi connectivity index (χ1v) is 1.58. The second-order valence-corrected chi connectivity index (χ2v) is 1.01. The molecule has 0 N–H and O–H groups in total. The van der Waals surface area contributed by atoms with Gasteiger partial charge in [0, 0.05) is 0 Å². The van der Waals surface area contributed by atoms with Gasteiger partial charge in [-0.15, -0.1) is 0 Å². The summed E-state index contributed by atoms with van der Waals surface area (Å²) in [5, 5.41) is 0. The second kappa shape index (κ2) is 2.91. The highest BCUT2D eigenvalue weighted by atomic mass is 16.4. The van der Waals surface area contributed by atoms with E-state index in [9.17, 15) is 4.79 Å². The summed E-state index contributed by atoms with van der Waals surface area (Å²) >= 11 is 0. The zero-order valence-electron chi connectivity index (χ0n) is 3.60. The Hall–Kier alpha value is -0.305. The zero-order valence-corrected chi connectivity index (χ0v) is 3.60. The average molecular weight is 83.9 g/mol. The van der Waals surface area contributed by atoms with E-state index in [1.807, 2.05) is 0 Å². The molecule has 0 fully saturated rings. The Morgan fingerprint density at radius 1 is 2.00 bits per heavy atom. The van der Waals surface area contributed by atoms with Gasteiger partial charge in [0.15, 0.2) is 5.78 Å². The van der Waals surface area contributed by atoms with Crippen LogP contribution in [0, 0.1) is 0 Å². The van der Waals surface area contributed by atoms with Gasteiger partial charge in [-0.2, -0.15) is 0 Å². The molecule has 0 spiro atoms. The third-order valence-electron chi connectivity index (χ3n) is 0.287. The highest BCUT2D eigenvalue weighted by Gasteiger charge is 1.83. The molecule has 0 saturated heterocycles. The van der Waals surface area contributed by atoms with Gasteiger partial charge in [-0.05, 0) is 6.92 Å². The van der Waals surface area contributed by atoms with Crippen LogP contribution in [0.3, 0.4) is 0 Å². The number of rotatable bonds is 2. The van der Waals surface area contributed by atoms with Crippen molar-refractivity contribution in [2.75, 3.05) is 6.61 Å². The number of hydrogen-bond donors (Lipinski definition) is 0. The van der Waals surface area contributed by atoms with Crippen LogP contribution < -0.4 is 0 Å². The Bertz CT molecular complexity index is 52.8. The van der Waals surface area contributed by atoms with Crippen molar-refractivity contribution in [3.63, 3.8) is 0 Å². The molecule has 0 aliphatic heterocycles. The molecule has 32 valence electrons. The van der Waals surface area contributed by atoms with Crippen molar-refractivity contribution in [1.29, 1.82) is 0 Å². The average Bonchev–Trinajstić information content (AvgIpc) is 1.35.